The van der Waals surface area contributed by atoms with Crippen LogP contribution in [0.1, 0.15) is 17.2 Å². The van der Waals surface area contributed by atoms with Crippen LogP contribution < -0.4 is 5.32 Å². The summed E-state index contributed by atoms with van der Waals surface area (Å²) in [5.41, 5.74) is 2.23. The van der Waals surface area contributed by atoms with Gasteiger partial charge in [-0.25, -0.2) is 4.39 Å². The number of halogens is 3. The number of likely N-dealkylation sites (N-methyl/N-ethyl adjacent to an activating group) is 1. The summed E-state index contributed by atoms with van der Waals surface area (Å²) in [5, 5.41) is 3.41. The molecule has 0 heterocycles. The van der Waals surface area contributed by atoms with Crippen LogP contribution in [0.3, 0.4) is 0 Å². The summed E-state index contributed by atoms with van der Waals surface area (Å²) in [7, 11) is 1.90. The van der Waals surface area contributed by atoms with Crippen LogP contribution in [-0.4, -0.2) is 7.05 Å². The first-order valence-electron chi connectivity index (χ1n) is 5.97. The minimum Gasteiger partial charge on any atom is -0.313 e. The Morgan fingerprint density at radius 3 is 2.47 bits per heavy atom. The first-order chi connectivity index (χ1) is 9.10. The fourth-order valence-corrected chi connectivity index (χ4v) is 2.52. The molecule has 0 saturated carbocycles. The largest absolute Gasteiger partial charge is 0.313 e. The Kier molecular flexibility index (Phi) is 5.19. The SMILES string of the molecule is CNC(Cc1ccc(I)cc1)c1ccc(F)c(Cl)c1. The summed E-state index contributed by atoms with van der Waals surface area (Å²) in [5.74, 6) is -0.380. The lowest BCUT2D eigenvalue weighted by Gasteiger charge is -2.17. The van der Waals surface area contributed by atoms with E-state index >= 15 is 0 Å². The second kappa shape index (κ2) is 6.68. The van der Waals surface area contributed by atoms with Crippen molar-refractivity contribution in [1.82, 2.24) is 5.32 Å². The molecule has 2 rings (SSSR count). The summed E-state index contributed by atoms with van der Waals surface area (Å²) < 4.78 is 14.4. The smallest absolute Gasteiger partial charge is 0.141 e. The predicted octanol–water partition coefficient (Wildman–Crippen LogP) is 4.59. The maximum Gasteiger partial charge on any atom is 0.141 e. The van der Waals surface area contributed by atoms with Gasteiger partial charge in [0, 0.05) is 9.61 Å². The van der Waals surface area contributed by atoms with Crippen LogP contribution in [-0.2, 0) is 6.42 Å². The summed E-state index contributed by atoms with van der Waals surface area (Å²) in [6, 6.07) is 13.4. The molecule has 1 atom stereocenters. The lowest BCUT2D eigenvalue weighted by molar-refractivity contribution is 0.586. The van der Waals surface area contributed by atoms with Crippen molar-refractivity contribution in [2.24, 2.45) is 0 Å². The third-order valence-corrected chi connectivity index (χ3v) is 4.06. The van der Waals surface area contributed by atoms with Crippen LogP contribution >= 0.6 is 34.2 Å². The van der Waals surface area contributed by atoms with E-state index in [-0.39, 0.29) is 16.9 Å². The molecule has 0 aliphatic heterocycles. The van der Waals surface area contributed by atoms with Crippen molar-refractivity contribution in [3.63, 3.8) is 0 Å². The zero-order valence-corrected chi connectivity index (χ0v) is 13.4. The highest BCUT2D eigenvalue weighted by Gasteiger charge is 2.12. The Balaban J connectivity index is 2.19. The molecule has 0 aliphatic carbocycles. The van der Waals surface area contributed by atoms with E-state index in [1.54, 1.807) is 12.1 Å². The molecule has 1 N–H and O–H groups in total. The quantitative estimate of drug-likeness (QED) is 0.754. The second-order valence-corrected chi connectivity index (χ2v) is 6.00. The monoisotopic (exact) mass is 389 g/mol. The van der Waals surface area contributed by atoms with Crippen LogP contribution in [0.5, 0.6) is 0 Å². The topological polar surface area (TPSA) is 12.0 Å². The number of benzene rings is 2. The normalized spacial score (nSPS) is 12.4. The van der Waals surface area contributed by atoms with Crippen molar-refractivity contribution in [1.29, 1.82) is 0 Å². The zero-order valence-electron chi connectivity index (χ0n) is 10.5. The van der Waals surface area contributed by atoms with Gasteiger partial charge in [0.25, 0.3) is 0 Å². The second-order valence-electron chi connectivity index (χ2n) is 4.35. The molecule has 1 nitrogen and oxygen atoms in total. The van der Waals surface area contributed by atoms with E-state index in [9.17, 15) is 4.39 Å². The molecule has 0 saturated heterocycles. The van der Waals surface area contributed by atoms with Gasteiger partial charge in [-0.3, -0.25) is 0 Å². The van der Waals surface area contributed by atoms with E-state index in [2.05, 4.69) is 52.2 Å². The molecule has 0 amide bonds. The molecular weight excluding hydrogens is 376 g/mol. The van der Waals surface area contributed by atoms with Crippen molar-refractivity contribution in [3.05, 3.63) is 68.0 Å². The van der Waals surface area contributed by atoms with Gasteiger partial charge in [0.2, 0.25) is 0 Å². The van der Waals surface area contributed by atoms with E-state index in [1.807, 2.05) is 7.05 Å². The summed E-state index contributed by atoms with van der Waals surface area (Å²) >= 11 is 8.12. The molecule has 100 valence electrons. The van der Waals surface area contributed by atoms with Gasteiger partial charge >= 0.3 is 0 Å². The minimum atomic E-state index is -0.380. The zero-order chi connectivity index (χ0) is 13.8. The molecule has 2 aromatic rings. The number of rotatable bonds is 4. The van der Waals surface area contributed by atoms with Crippen molar-refractivity contribution in [2.75, 3.05) is 7.05 Å². The number of nitrogens with one attached hydrogen (secondary N) is 1. The molecular formula is C15H14ClFIN. The Labute approximate surface area is 131 Å². The molecule has 0 aliphatic rings. The summed E-state index contributed by atoms with van der Waals surface area (Å²) in [6.07, 6.45) is 0.843. The molecule has 4 heteroatoms. The molecule has 0 radical (unpaired) electrons. The van der Waals surface area contributed by atoms with Crippen LogP contribution in [0, 0.1) is 9.39 Å². The minimum absolute atomic E-state index is 0.123. The Hall–Kier alpha value is -0.650. The molecule has 1 unspecified atom stereocenters. The van der Waals surface area contributed by atoms with Gasteiger partial charge in [-0.15, -0.1) is 0 Å². The third kappa shape index (κ3) is 3.91. The van der Waals surface area contributed by atoms with Crippen LogP contribution in [0.4, 0.5) is 4.39 Å². The van der Waals surface area contributed by atoms with Gasteiger partial charge < -0.3 is 5.32 Å². The van der Waals surface area contributed by atoms with Gasteiger partial charge in [0.15, 0.2) is 0 Å². The Morgan fingerprint density at radius 2 is 1.89 bits per heavy atom. The molecule has 0 aromatic heterocycles. The van der Waals surface area contributed by atoms with Crippen LogP contribution in [0.15, 0.2) is 42.5 Å². The van der Waals surface area contributed by atoms with Gasteiger partial charge in [-0.2, -0.15) is 0 Å². The molecule has 0 bridgehead atoms. The van der Waals surface area contributed by atoms with Gasteiger partial charge in [0.1, 0.15) is 5.82 Å². The van der Waals surface area contributed by atoms with E-state index in [1.165, 1.54) is 15.2 Å². The van der Waals surface area contributed by atoms with Crippen molar-refractivity contribution in [2.45, 2.75) is 12.5 Å². The highest BCUT2D eigenvalue weighted by Crippen LogP contribution is 2.23. The van der Waals surface area contributed by atoms with E-state index in [0.717, 1.165) is 12.0 Å². The molecule has 19 heavy (non-hydrogen) atoms. The lowest BCUT2D eigenvalue weighted by atomic mass is 9.99. The van der Waals surface area contributed by atoms with Crippen LogP contribution in [0.2, 0.25) is 5.02 Å². The number of hydrogen-bond donors (Lipinski definition) is 1. The highest BCUT2D eigenvalue weighted by molar-refractivity contribution is 14.1. The molecule has 0 spiro atoms. The third-order valence-electron chi connectivity index (χ3n) is 3.05. The maximum atomic E-state index is 13.2. The van der Waals surface area contributed by atoms with Gasteiger partial charge in [0.05, 0.1) is 5.02 Å². The fraction of sp³-hybridized carbons (Fsp3) is 0.200. The van der Waals surface area contributed by atoms with E-state index < -0.39 is 0 Å². The fourth-order valence-electron chi connectivity index (χ4n) is 1.97. The molecule has 2 aromatic carbocycles. The number of hydrogen-bond acceptors (Lipinski definition) is 1. The van der Waals surface area contributed by atoms with Gasteiger partial charge in [-0.05, 0) is 71.5 Å². The first-order valence-corrected chi connectivity index (χ1v) is 7.42. The van der Waals surface area contributed by atoms with Gasteiger partial charge in [-0.1, -0.05) is 29.8 Å². The molecule has 0 fully saturated rings. The average molecular weight is 390 g/mol. The van der Waals surface area contributed by atoms with E-state index in [0.29, 0.717) is 0 Å². The summed E-state index contributed by atoms with van der Waals surface area (Å²) in [6.45, 7) is 0. The summed E-state index contributed by atoms with van der Waals surface area (Å²) in [4.78, 5) is 0. The van der Waals surface area contributed by atoms with Crippen molar-refractivity contribution < 1.29 is 4.39 Å². The van der Waals surface area contributed by atoms with Crippen molar-refractivity contribution >= 4 is 34.2 Å². The van der Waals surface area contributed by atoms with Crippen molar-refractivity contribution in [3.8, 4) is 0 Å². The standard InChI is InChI=1S/C15H14ClFIN/c1-19-15(8-10-2-5-12(18)6-3-10)11-4-7-14(17)13(16)9-11/h2-7,9,15,19H,8H2,1H3. The lowest BCUT2D eigenvalue weighted by Crippen LogP contribution is -2.18. The average Bonchev–Trinajstić information content (AvgIpc) is 2.41. The first kappa shape index (κ1) is 14.8. The predicted molar refractivity (Wildman–Crippen MR) is 86.1 cm³/mol. The Bertz CT molecular complexity index is 557. The van der Waals surface area contributed by atoms with E-state index in [4.69, 9.17) is 11.6 Å². The van der Waals surface area contributed by atoms with Crippen LogP contribution in [0.25, 0.3) is 0 Å². The maximum absolute atomic E-state index is 13.2. The highest BCUT2D eigenvalue weighted by atomic mass is 127. The Morgan fingerprint density at radius 1 is 1.21 bits per heavy atom.